The maximum atomic E-state index is 12.7. The molecule has 7 nitrogen and oxygen atoms in total. The van der Waals surface area contributed by atoms with Gasteiger partial charge in [0.25, 0.3) is 0 Å². The summed E-state index contributed by atoms with van der Waals surface area (Å²) in [6.45, 7) is 1.80. The molecule has 0 spiro atoms. The number of rotatable bonds is 8. The standard InChI is InChI=1S/C19H24N2O5S/c1-24-16-4-6-19(7-5-16)27(22,23)21-11-8-17(9-12-21)25-13-14-26-18-3-2-10-20-15-18/h2-7,10,15,17H,8-9,11-14H2,1H3. The molecule has 0 radical (unpaired) electrons. The number of ether oxygens (including phenoxy) is 3. The number of piperidine rings is 1. The summed E-state index contributed by atoms with van der Waals surface area (Å²) < 4.78 is 43.4. The van der Waals surface area contributed by atoms with Crippen LogP contribution in [-0.2, 0) is 14.8 Å². The Hall–Kier alpha value is -2.16. The quantitative estimate of drug-likeness (QED) is 0.642. The molecule has 1 aromatic carbocycles. The number of aromatic nitrogens is 1. The van der Waals surface area contributed by atoms with E-state index >= 15 is 0 Å². The number of pyridine rings is 1. The average molecular weight is 392 g/mol. The zero-order valence-electron chi connectivity index (χ0n) is 15.3. The maximum Gasteiger partial charge on any atom is 0.243 e. The van der Waals surface area contributed by atoms with Gasteiger partial charge in [-0.1, -0.05) is 0 Å². The molecule has 0 amide bonds. The predicted octanol–water partition coefficient (Wildman–Crippen LogP) is 2.34. The fourth-order valence-corrected chi connectivity index (χ4v) is 4.41. The van der Waals surface area contributed by atoms with E-state index in [-0.39, 0.29) is 11.0 Å². The lowest BCUT2D eigenvalue weighted by molar-refractivity contribution is 0.00696. The minimum absolute atomic E-state index is 0.0461. The van der Waals surface area contributed by atoms with Crippen molar-refractivity contribution in [3.63, 3.8) is 0 Å². The van der Waals surface area contributed by atoms with Crippen LogP contribution in [-0.4, -0.2) is 57.2 Å². The molecule has 1 fully saturated rings. The lowest BCUT2D eigenvalue weighted by Crippen LogP contribution is -2.41. The molecule has 0 unspecified atom stereocenters. The van der Waals surface area contributed by atoms with Gasteiger partial charge in [-0.3, -0.25) is 4.98 Å². The molecule has 1 aromatic heterocycles. The van der Waals surface area contributed by atoms with E-state index in [1.54, 1.807) is 43.8 Å². The zero-order valence-corrected chi connectivity index (χ0v) is 16.1. The number of methoxy groups -OCH3 is 1. The Balaban J connectivity index is 1.43. The number of hydrogen-bond donors (Lipinski definition) is 0. The molecular weight excluding hydrogens is 368 g/mol. The fourth-order valence-electron chi connectivity index (χ4n) is 2.94. The van der Waals surface area contributed by atoms with Crippen molar-refractivity contribution >= 4 is 10.0 Å². The Labute approximate surface area is 159 Å². The first-order valence-corrected chi connectivity index (χ1v) is 10.3. The van der Waals surface area contributed by atoms with Crippen molar-refractivity contribution in [1.29, 1.82) is 0 Å². The molecular formula is C19H24N2O5S. The van der Waals surface area contributed by atoms with Gasteiger partial charge in [-0.05, 0) is 49.2 Å². The third-order valence-electron chi connectivity index (χ3n) is 4.44. The van der Waals surface area contributed by atoms with Crippen LogP contribution in [0, 0.1) is 0 Å². The largest absolute Gasteiger partial charge is 0.497 e. The van der Waals surface area contributed by atoms with Crippen LogP contribution >= 0.6 is 0 Å². The monoisotopic (exact) mass is 392 g/mol. The normalized spacial score (nSPS) is 16.2. The lowest BCUT2D eigenvalue weighted by Gasteiger charge is -2.31. The molecule has 8 heteroatoms. The summed E-state index contributed by atoms with van der Waals surface area (Å²) in [5, 5.41) is 0. The van der Waals surface area contributed by atoms with Gasteiger partial charge in [0.15, 0.2) is 0 Å². The van der Waals surface area contributed by atoms with Crippen LogP contribution in [0.1, 0.15) is 12.8 Å². The van der Waals surface area contributed by atoms with Crippen LogP contribution in [0.25, 0.3) is 0 Å². The van der Waals surface area contributed by atoms with Gasteiger partial charge in [0.05, 0.1) is 30.9 Å². The number of benzene rings is 1. The summed E-state index contributed by atoms with van der Waals surface area (Å²) in [4.78, 5) is 4.27. The van der Waals surface area contributed by atoms with Gasteiger partial charge in [-0.15, -0.1) is 0 Å². The lowest BCUT2D eigenvalue weighted by atomic mass is 10.1. The van der Waals surface area contributed by atoms with Gasteiger partial charge >= 0.3 is 0 Å². The van der Waals surface area contributed by atoms with Crippen molar-refractivity contribution < 1.29 is 22.6 Å². The molecule has 3 rings (SSSR count). The first-order valence-electron chi connectivity index (χ1n) is 8.88. The maximum absolute atomic E-state index is 12.7. The topological polar surface area (TPSA) is 78.0 Å². The van der Waals surface area contributed by atoms with E-state index in [0.29, 0.717) is 50.6 Å². The molecule has 2 heterocycles. The van der Waals surface area contributed by atoms with Crippen molar-refractivity contribution in [3.05, 3.63) is 48.8 Å². The van der Waals surface area contributed by atoms with Gasteiger partial charge < -0.3 is 14.2 Å². The third kappa shape index (κ3) is 5.18. The summed E-state index contributed by atoms with van der Waals surface area (Å²) in [5.41, 5.74) is 0. The molecule has 0 atom stereocenters. The summed E-state index contributed by atoms with van der Waals surface area (Å²) >= 11 is 0. The fraction of sp³-hybridized carbons (Fsp3) is 0.421. The highest BCUT2D eigenvalue weighted by Crippen LogP contribution is 2.23. The molecule has 0 aliphatic carbocycles. The average Bonchev–Trinajstić information content (AvgIpc) is 2.72. The van der Waals surface area contributed by atoms with Crippen LogP contribution < -0.4 is 9.47 Å². The van der Waals surface area contributed by atoms with Gasteiger partial charge in [0.1, 0.15) is 18.1 Å². The van der Waals surface area contributed by atoms with E-state index in [9.17, 15) is 8.42 Å². The van der Waals surface area contributed by atoms with E-state index in [2.05, 4.69) is 4.98 Å². The highest BCUT2D eigenvalue weighted by atomic mass is 32.2. The Kier molecular flexibility index (Phi) is 6.65. The van der Waals surface area contributed by atoms with Gasteiger partial charge in [0, 0.05) is 19.3 Å². The van der Waals surface area contributed by atoms with E-state index < -0.39 is 10.0 Å². The molecule has 146 valence electrons. The van der Waals surface area contributed by atoms with Crippen LogP contribution in [0.5, 0.6) is 11.5 Å². The summed E-state index contributed by atoms with van der Waals surface area (Å²) in [6, 6.07) is 10.1. The number of sulfonamides is 1. The van der Waals surface area contributed by atoms with Crippen molar-refractivity contribution in [1.82, 2.24) is 9.29 Å². The van der Waals surface area contributed by atoms with E-state index in [1.807, 2.05) is 12.1 Å². The first kappa shape index (κ1) is 19.6. The number of nitrogens with zero attached hydrogens (tertiary/aromatic N) is 2. The highest BCUT2D eigenvalue weighted by molar-refractivity contribution is 7.89. The third-order valence-corrected chi connectivity index (χ3v) is 6.35. The van der Waals surface area contributed by atoms with E-state index in [4.69, 9.17) is 14.2 Å². The Morgan fingerprint density at radius 2 is 1.81 bits per heavy atom. The van der Waals surface area contributed by atoms with Crippen LogP contribution in [0.15, 0.2) is 53.7 Å². The second-order valence-electron chi connectivity index (χ2n) is 6.19. The molecule has 27 heavy (non-hydrogen) atoms. The zero-order chi connectivity index (χ0) is 19.1. The van der Waals surface area contributed by atoms with Crippen molar-refractivity contribution in [2.45, 2.75) is 23.8 Å². The van der Waals surface area contributed by atoms with Gasteiger partial charge in [-0.2, -0.15) is 4.31 Å². The summed E-state index contributed by atoms with van der Waals surface area (Å²) in [6.07, 6.45) is 4.73. The first-order chi connectivity index (χ1) is 13.1. The van der Waals surface area contributed by atoms with Gasteiger partial charge in [0.2, 0.25) is 10.0 Å². The molecule has 1 saturated heterocycles. The molecule has 0 N–H and O–H groups in total. The van der Waals surface area contributed by atoms with Crippen LogP contribution in [0.4, 0.5) is 0 Å². The molecule has 1 aliphatic heterocycles. The minimum atomic E-state index is -3.48. The summed E-state index contributed by atoms with van der Waals surface area (Å²) in [7, 11) is -1.93. The molecule has 0 bridgehead atoms. The van der Waals surface area contributed by atoms with E-state index in [1.165, 1.54) is 4.31 Å². The number of hydrogen-bond acceptors (Lipinski definition) is 6. The van der Waals surface area contributed by atoms with Crippen molar-refractivity contribution in [2.75, 3.05) is 33.4 Å². The molecule has 1 aliphatic rings. The second-order valence-corrected chi connectivity index (χ2v) is 8.12. The van der Waals surface area contributed by atoms with Crippen molar-refractivity contribution in [3.8, 4) is 11.5 Å². The highest BCUT2D eigenvalue weighted by Gasteiger charge is 2.29. The van der Waals surface area contributed by atoms with Crippen LogP contribution in [0.3, 0.4) is 0 Å². The summed E-state index contributed by atoms with van der Waals surface area (Å²) in [5.74, 6) is 1.34. The second kappa shape index (κ2) is 9.16. The smallest absolute Gasteiger partial charge is 0.243 e. The Morgan fingerprint density at radius 1 is 1.07 bits per heavy atom. The minimum Gasteiger partial charge on any atom is -0.497 e. The molecule has 0 saturated carbocycles. The predicted molar refractivity (Wildman–Crippen MR) is 100 cm³/mol. The van der Waals surface area contributed by atoms with Crippen molar-refractivity contribution in [2.24, 2.45) is 0 Å². The van der Waals surface area contributed by atoms with E-state index in [0.717, 1.165) is 0 Å². The Bertz CT molecular complexity index is 804. The van der Waals surface area contributed by atoms with Gasteiger partial charge in [-0.25, -0.2) is 8.42 Å². The molecule has 2 aromatic rings. The SMILES string of the molecule is COc1ccc(S(=O)(=O)N2CCC(OCCOc3cccnc3)CC2)cc1. The Morgan fingerprint density at radius 3 is 2.44 bits per heavy atom. The van der Waals surface area contributed by atoms with Crippen LogP contribution in [0.2, 0.25) is 0 Å².